The van der Waals surface area contributed by atoms with Crippen molar-refractivity contribution in [1.82, 2.24) is 19.9 Å². The second-order valence-electron chi connectivity index (χ2n) is 10.1. The molecule has 5 rings (SSSR count). The van der Waals surface area contributed by atoms with E-state index in [2.05, 4.69) is 32.8 Å². The molecule has 2 aromatic carbocycles. The molecule has 0 bridgehead atoms. The van der Waals surface area contributed by atoms with Gasteiger partial charge in [-0.3, -0.25) is 4.79 Å². The Morgan fingerprint density at radius 2 is 1.63 bits per heavy atom. The van der Waals surface area contributed by atoms with E-state index in [0.717, 1.165) is 17.0 Å². The second-order valence-corrected chi connectivity index (χ2v) is 11.4. The van der Waals surface area contributed by atoms with Crippen LogP contribution in [-0.4, -0.2) is 27.0 Å². The molecule has 1 amide bonds. The van der Waals surface area contributed by atoms with E-state index in [-0.39, 0.29) is 19.0 Å². The van der Waals surface area contributed by atoms with E-state index in [1.165, 1.54) is 32.1 Å². The van der Waals surface area contributed by atoms with Gasteiger partial charge >= 0.3 is 0 Å². The van der Waals surface area contributed by atoms with Gasteiger partial charge in [0.05, 0.1) is 6.54 Å². The Balaban J connectivity index is 0.000000483. The number of amides is 1. The summed E-state index contributed by atoms with van der Waals surface area (Å²) in [6, 6.07) is 18.4. The molecule has 7 nitrogen and oxygen atoms in total. The fourth-order valence-corrected chi connectivity index (χ4v) is 5.14. The smallest absolute Gasteiger partial charge is 0.239 e. The summed E-state index contributed by atoms with van der Waals surface area (Å²) in [6.07, 6.45) is 11.2. The summed E-state index contributed by atoms with van der Waals surface area (Å²) in [5.41, 5.74) is 1.79. The molecule has 3 N–H and O–H groups in total. The lowest BCUT2D eigenvalue weighted by atomic mass is 9.91. The topological polar surface area (TPSA) is 83.9 Å². The molecule has 2 heterocycles. The van der Waals surface area contributed by atoms with Crippen LogP contribution in [0.25, 0.3) is 5.82 Å². The number of anilines is 2. The zero-order valence-corrected chi connectivity index (χ0v) is 25.3. The van der Waals surface area contributed by atoms with Crippen molar-refractivity contribution >= 4 is 52.5 Å². The fraction of sp³-hybridized carbons (Fsp3) is 0.323. The molecule has 0 radical (unpaired) electrons. The van der Waals surface area contributed by atoms with E-state index in [0.29, 0.717) is 39.2 Å². The number of nitrogens with one attached hydrogen (secondary N) is 3. The molecule has 216 valence electrons. The molecule has 1 aliphatic carbocycles. The van der Waals surface area contributed by atoms with Gasteiger partial charge in [-0.15, -0.1) is 0 Å². The number of hydrogen-bond donors (Lipinski definition) is 3. The fourth-order valence-electron chi connectivity index (χ4n) is 4.45. The summed E-state index contributed by atoms with van der Waals surface area (Å²) in [7, 11) is 0. The van der Waals surface area contributed by atoms with Crippen molar-refractivity contribution in [3.63, 3.8) is 0 Å². The predicted octanol–water partition coefficient (Wildman–Crippen LogP) is 8.15. The van der Waals surface area contributed by atoms with Crippen molar-refractivity contribution in [2.75, 3.05) is 17.2 Å². The van der Waals surface area contributed by atoms with E-state index >= 15 is 0 Å². The summed E-state index contributed by atoms with van der Waals surface area (Å²) < 4.78 is 1.86. The number of benzene rings is 2. The van der Waals surface area contributed by atoms with Crippen LogP contribution in [0.15, 0.2) is 73.1 Å². The highest BCUT2D eigenvalue weighted by Gasteiger charge is 2.10. The third kappa shape index (κ3) is 10.3. The van der Waals surface area contributed by atoms with E-state index in [4.69, 9.17) is 34.8 Å². The summed E-state index contributed by atoms with van der Waals surface area (Å²) in [5, 5.41) is 10.8. The first-order valence-electron chi connectivity index (χ1n) is 13.8. The monoisotopic (exact) mass is 612 g/mol. The van der Waals surface area contributed by atoms with Crippen molar-refractivity contribution < 1.29 is 4.79 Å². The lowest BCUT2D eigenvalue weighted by molar-refractivity contribution is -0.119. The molecule has 0 unspecified atom stereocenters. The van der Waals surface area contributed by atoms with Crippen molar-refractivity contribution in [2.45, 2.75) is 52.1 Å². The number of carbonyl (C=O) groups is 1. The van der Waals surface area contributed by atoms with Gasteiger partial charge in [-0.2, -0.15) is 9.97 Å². The molecule has 0 aliphatic heterocycles. The van der Waals surface area contributed by atoms with E-state index in [1.807, 2.05) is 59.4 Å². The molecule has 0 saturated heterocycles. The van der Waals surface area contributed by atoms with Gasteiger partial charge in [0, 0.05) is 46.6 Å². The average molecular weight is 614 g/mol. The number of nitrogens with zero attached hydrogens (tertiary/aromatic N) is 3. The highest BCUT2D eigenvalue weighted by atomic mass is 35.5. The molecule has 1 fully saturated rings. The van der Waals surface area contributed by atoms with E-state index in [9.17, 15) is 4.79 Å². The Labute approximate surface area is 256 Å². The normalized spacial score (nSPS) is 13.2. The molecular weight excluding hydrogens is 579 g/mol. The summed E-state index contributed by atoms with van der Waals surface area (Å²) >= 11 is 18.2. The van der Waals surface area contributed by atoms with Crippen molar-refractivity contribution in [3.05, 3.63) is 99.3 Å². The quantitative estimate of drug-likeness (QED) is 0.177. The molecule has 10 heteroatoms. The molecule has 0 atom stereocenters. The first-order valence-corrected chi connectivity index (χ1v) is 14.9. The first kappa shape index (κ1) is 30.7. The van der Waals surface area contributed by atoms with E-state index in [1.54, 1.807) is 18.2 Å². The number of rotatable bonds is 9. The van der Waals surface area contributed by atoms with Crippen LogP contribution < -0.4 is 16.0 Å². The standard InChI is InChI=1S/C24H21Cl3N6O.C7H14/c25-18-5-3-4-16(10-18)13-28-21-12-22(33-8-1-2-9-33)32-24(31-21)30-15-23(34)29-14-17-6-7-19(26)11-20(17)27;1-7-5-3-2-4-6-7/h1-12H,13-15H2,(H,29,34)(H2,28,30,31,32);7H,2-6H2,1H3. The van der Waals surface area contributed by atoms with Crippen molar-refractivity contribution in [2.24, 2.45) is 5.92 Å². The Morgan fingerprint density at radius 3 is 2.32 bits per heavy atom. The van der Waals surface area contributed by atoms with Gasteiger partial charge in [0.1, 0.15) is 11.6 Å². The molecule has 1 aliphatic rings. The molecule has 4 aromatic rings. The van der Waals surface area contributed by atoms with Gasteiger partial charge in [-0.25, -0.2) is 0 Å². The predicted molar refractivity (Wildman–Crippen MR) is 169 cm³/mol. The van der Waals surface area contributed by atoms with Gasteiger partial charge in [0.2, 0.25) is 11.9 Å². The van der Waals surface area contributed by atoms with Crippen LogP contribution in [0, 0.1) is 5.92 Å². The lowest BCUT2D eigenvalue weighted by Crippen LogP contribution is -2.30. The van der Waals surface area contributed by atoms with Gasteiger partial charge in [0.15, 0.2) is 0 Å². The van der Waals surface area contributed by atoms with Gasteiger partial charge in [0.25, 0.3) is 0 Å². The number of aromatic nitrogens is 3. The van der Waals surface area contributed by atoms with Crippen LogP contribution in [0.2, 0.25) is 15.1 Å². The van der Waals surface area contributed by atoms with E-state index < -0.39 is 0 Å². The molecular formula is C31H35Cl3N6O. The second kappa shape index (κ2) is 15.7. The Kier molecular flexibility index (Phi) is 11.7. The maximum Gasteiger partial charge on any atom is 0.239 e. The third-order valence-electron chi connectivity index (χ3n) is 6.74. The minimum Gasteiger partial charge on any atom is -0.366 e. The minimum absolute atomic E-state index is 0.00588. The highest BCUT2D eigenvalue weighted by molar-refractivity contribution is 6.35. The first-order chi connectivity index (χ1) is 19.9. The molecule has 41 heavy (non-hydrogen) atoms. The van der Waals surface area contributed by atoms with Crippen molar-refractivity contribution in [1.29, 1.82) is 0 Å². The molecule has 2 aromatic heterocycles. The minimum atomic E-state index is -0.227. The summed E-state index contributed by atoms with van der Waals surface area (Å²) in [5.74, 6) is 2.39. The highest BCUT2D eigenvalue weighted by Crippen LogP contribution is 2.22. The van der Waals surface area contributed by atoms with Crippen LogP contribution in [0.4, 0.5) is 11.8 Å². The Hall–Kier alpha value is -3.26. The number of carbonyl (C=O) groups excluding carboxylic acids is 1. The average Bonchev–Trinajstić information content (AvgIpc) is 3.51. The Bertz CT molecular complexity index is 1410. The Morgan fingerprint density at radius 1 is 0.878 bits per heavy atom. The lowest BCUT2D eigenvalue weighted by Gasteiger charge is -2.15. The van der Waals surface area contributed by atoms with Crippen LogP contribution in [0.5, 0.6) is 0 Å². The van der Waals surface area contributed by atoms with Crippen LogP contribution in [-0.2, 0) is 17.9 Å². The van der Waals surface area contributed by atoms with Gasteiger partial charge in [-0.05, 0) is 53.4 Å². The largest absolute Gasteiger partial charge is 0.366 e. The van der Waals surface area contributed by atoms with Crippen LogP contribution in [0.3, 0.4) is 0 Å². The van der Waals surface area contributed by atoms with Gasteiger partial charge in [-0.1, -0.05) is 92.0 Å². The summed E-state index contributed by atoms with van der Waals surface area (Å²) in [6.45, 7) is 3.17. The maximum absolute atomic E-state index is 12.4. The number of halogens is 3. The number of hydrogen-bond acceptors (Lipinski definition) is 5. The summed E-state index contributed by atoms with van der Waals surface area (Å²) in [4.78, 5) is 21.4. The van der Waals surface area contributed by atoms with Crippen molar-refractivity contribution in [3.8, 4) is 5.82 Å². The molecule has 0 spiro atoms. The zero-order chi connectivity index (χ0) is 29.0. The SMILES string of the molecule is CC1CCCCC1.O=C(CNc1nc(NCc2cccc(Cl)c2)cc(-n2cccc2)n1)NCc1ccc(Cl)cc1Cl. The van der Waals surface area contributed by atoms with Crippen LogP contribution >= 0.6 is 34.8 Å². The zero-order valence-electron chi connectivity index (χ0n) is 23.0. The third-order valence-corrected chi connectivity index (χ3v) is 7.56. The van der Waals surface area contributed by atoms with Crippen LogP contribution in [0.1, 0.15) is 50.2 Å². The maximum atomic E-state index is 12.4. The van der Waals surface area contributed by atoms with Gasteiger partial charge < -0.3 is 20.5 Å². The molecule has 1 saturated carbocycles.